The Balaban J connectivity index is 1.48. The van der Waals surface area contributed by atoms with Crippen LogP contribution in [0.5, 0.6) is 5.88 Å². The van der Waals surface area contributed by atoms with E-state index in [2.05, 4.69) is 44.6 Å². The van der Waals surface area contributed by atoms with Crippen molar-refractivity contribution in [3.05, 3.63) is 53.9 Å². The lowest BCUT2D eigenvalue weighted by Crippen LogP contribution is -2.45. The van der Waals surface area contributed by atoms with Crippen LogP contribution < -0.4 is 15.4 Å². The van der Waals surface area contributed by atoms with E-state index in [9.17, 15) is 5.26 Å². The van der Waals surface area contributed by atoms with Gasteiger partial charge in [-0.25, -0.2) is 15.0 Å². The molecule has 1 fully saturated rings. The van der Waals surface area contributed by atoms with Crippen LogP contribution in [0.2, 0.25) is 0 Å². The molecule has 2 aliphatic heterocycles. The molecule has 174 valence electrons. The van der Waals surface area contributed by atoms with Gasteiger partial charge in [-0.2, -0.15) is 5.26 Å². The third-order valence-electron chi connectivity index (χ3n) is 6.40. The highest BCUT2D eigenvalue weighted by atomic mass is 16.5. The van der Waals surface area contributed by atoms with E-state index in [1.165, 1.54) is 0 Å². The topological polar surface area (TPSA) is 108 Å². The molecule has 3 aromatic rings. The van der Waals surface area contributed by atoms with Crippen molar-refractivity contribution >= 4 is 17.3 Å². The fourth-order valence-corrected chi connectivity index (χ4v) is 4.67. The van der Waals surface area contributed by atoms with Gasteiger partial charge in [0.25, 0.3) is 0 Å². The van der Waals surface area contributed by atoms with E-state index in [1.54, 1.807) is 19.5 Å². The Morgan fingerprint density at radius 3 is 2.88 bits per heavy atom. The third-order valence-corrected chi connectivity index (χ3v) is 6.40. The predicted molar refractivity (Wildman–Crippen MR) is 129 cm³/mol. The minimum atomic E-state index is -0.120. The van der Waals surface area contributed by atoms with Gasteiger partial charge in [0.15, 0.2) is 0 Å². The van der Waals surface area contributed by atoms with E-state index in [0.29, 0.717) is 23.1 Å². The van der Waals surface area contributed by atoms with Gasteiger partial charge in [0.05, 0.1) is 37.3 Å². The molecule has 0 bridgehead atoms. The van der Waals surface area contributed by atoms with Crippen molar-refractivity contribution in [3.8, 4) is 23.2 Å². The first kappa shape index (κ1) is 22.1. The molecular weight excluding hydrogens is 430 g/mol. The summed E-state index contributed by atoms with van der Waals surface area (Å²) in [5, 5.41) is 16.6. The molecule has 4 heterocycles. The normalized spacial score (nSPS) is 19.7. The fraction of sp³-hybridized carbons (Fsp3) is 0.360. The molecule has 1 unspecified atom stereocenters. The van der Waals surface area contributed by atoms with Crippen LogP contribution in [0.25, 0.3) is 11.3 Å². The Kier molecular flexibility index (Phi) is 6.01. The molecule has 9 nitrogen and oxygen atoms in total. The first-order valence-corrected chi connectivity index (χ1v) is 11.3. The molecule has 0 saturated carbocycles. The summed E-state index contributed by atoms with van der Waals surface area (Å²) in [6.07, 6.45) is 3.37. The number of hydrogen-bond donors (Lipinski definition) is 2. The lowest BCUT2D eigenvalue weighted by Gasteiger charge is -2.34. The number of benzene rings is 1. The van der Waals surface area contributed by atoms with Crippen LogP contribution in [0.1, 0.15) is 18.1 Å². The standard InChI is InChI=1S/C25H27N7O2/c1-25(16-32-8-10-34-11-9-32)15-29-22-18(14-26)12-17(13-19(22)25)20-5-7-28-24(30-20)31-21-4-3-6-27-23(21)33-2/h3-7,12-13,29H,8-11,15-16H2,1-2H3,(H,28,30,31). The van der Waals surface area contributed by atoms with E-state index in [4.69, 9.17) is 14.5 Å². The number of aromatic nitrogens is 3. The van der Waals surface area contributed by atoms with Gasteiger partial charge in [0, 0.05) is 49.6 Å². The molecule has 34 heavy (non-hydrogen) atoms. The van der Waals surface area contributed by atoms with Gasteiger partial charge < -0.3 is 20.1 Å². The van der Waals surface area contributed by atoms with Crippen LogP contribution in [-0.4, -0.2) is 66.4 Å². The highest BCUT2D eigenvalue weighted by Gasteiger charge is 2.38. The Bertz CT molecular complexity index is 1240. The molecule has 2 aromatic heterocycles. The largest absolute Gasteiger partial charge is 0.480 e. The number of fused-ring (bicyclic) bond motifs is 1. The Labute approximate surface area is 198 Å². The first-order chi connectivity index (χ1) is 16.6. The summed E-state index contributed by atoms with van der Waals surface area (Å²) in [4.78, 5) is 15.7. The van der Waals surface area contributed by atoms with Gasteiger partial charge in [-0.1, -0.05) is 6.92 Å². The first-order valence-electron chi connectivity index (χ1n) is 11.3. The number of anilines is 3. The Morgan fingerprint density at radius 1 is 1.24 bits per heavy atom. The Morgan fingerprint density at radius 2 is 2.09 bits per heavy atom. The number of nitriles is 1. The van der Waals surface area contributed by atoms with Crippen molar-refractivity contribution in [1.29, 1.82) is 5.26 Å². The van der Waals surface area contributed by atoms with Gasteiger partial charge in [-0.3, -0.25) is 4.90 Å². The minimum absolute atomic E-state index is 0.120. The van der Waals surface area contributed by atoms with Crippen molar-refractivity contribution in [2.24, 2.45) is 0 Å². The average molecular weight is 458 g/mol. The van der Waals surface area contributed by atoms with Gasteiger partial charge in [0.1, 0.15) is 11.8 Å². The minimum Gasteiger partial charge on any atom is -0.480 e. The SMILES string of the molecule is COc1ncccc1Nc1nccc(-c2cc(C#N)c3c(c2)C(C)(CN2CCOCC2)CN3)n1. The number of nitrogens with one attached hydrogen (secondary N) is 2. The molecule has 2 N–H and O–H groups in total. The number of pyridine rings is 1. The highest BCUT2D eigenvalue weighted by molar-refractivity contribution is 5.76. The zero-order chi connectivity index (χ0) is 23.5. The molecule has 1 atom stereocenters. The zero-order valence-electron chi connectivity index (χ0n) is 19.3. The average Bonchev–Trinajstić information content (AvgIpc) is 3.20. The van der Waals surface area contributed by atoms with Gasteiger partial charge in [-0.05, 0) is 35.9 Å². The van der Waals surface area contributed by atoms with E-state index in [0.717, 1.165) is 61.9 Å². The van der Waals surface area contributed by atoms with Crippen molar-refractivity contribution in [3.63, 3.8) is 0 Å². The summed E-state index contributed by atoms with van der Waals surface area (Å²) in [7, 11) is 1.57. The molecule has 1 saturated heterocycles. The third kappa shape index (κ3) is 4.25. The number of hydrogen-bond acceptors (Lipinski definition) is 9. The monoisotopic (exact) mass is 457 g/mol. The number of rotatable bonds is 6. The maximum absolute atomic E-state index is 9.89. The van der Waals surface area contributed by atoms with Crippen molar-refractivity contribution in [2.75, 3.05) is 57.1 Å². The van der Waals surface area contributed by atoms with E-state index in [-0.39, 0.29) is 5.41 Å². The molecule has 1 aromatic carbocycles. The number of morpholine rings is 1. The smallest absolute Gasteiger partial charge is 0.237 e. The zero-order valence-corrected chi connectivity index (χ0v) is 19.3. The fourth-order valence-electron chi connectivity index (χ4n) is 4.67. The van der Waals surface area contributed by atoms with Crippen LogP contribution in [-0.2, 0) is 10.2 Å². The van der Waals surface area contributed by atoms with Crippen LogP contribution in [0.3, 0.4) is 0 Å². The molecule has 5 rings (SSSR count). The van der Waals surface area contributed by atoms with E-state index >= 15 is 0 Å². The second-order valence-corrected chi connectivity index (χ2v) is 8.81. The summed E-state index contributed by atoms with van der Waals surface area (Å²) in [6, 6.07) is 11.9. The second kappa shape index (κ2) is 9.25. The van der Waals surface area contributed by atoms with E-state index < -0.39 is 0 Å². The molecule has 2 aliphatic rings. The number of nitrogens with zero attached hydrogens (tertiary/aromatic N) is 5. The van der Waals surface area contributed by atoms with Crippen molar-refractivity contribution in [2.45, 2.75) is 12.3 Å². The Hall–Kier alpha value is -3.74. The van der Waals surface area contributed by atoms with Gasteiger partial charge in [-0.15, -0.1) is 0 Å². The molecule has 0 radical (unpaired) electrons. The van der Waals surface area contributed by atoms with E-state index in [1.807, 2.05) is 24.3 Å². The molecule has 0 spiro atoms. The van der Waals surface area contributed by atoms with Crippen LogP contribution in [0.4, 0.5) is 17.3 Å². The molecular formula is C25H27N7O2. The quantitative estimate of drug-likeness (QED) is 0.577. The summed E-state index contributed by atoms with van der Waals surface area (Å²) < 4.78 is 10.8. The van der Waals surface area contributed by atoms with Crippen molar-refractivity contribution in [1.82, 2.24) is 19.9 Å². The van der Waals surface area contributed by atoms with Gasteiger partial charge in [0.2, 0.25) is 11.8 Å². The van der Waals surface area contributed by atoms with Crippen molar-refractivity contribution < 1.29 is 9.47 Å². The van der Waals surface area contributed by atoms with Crippen LogP contribution in [0.15, 0.2) is 42.7 Å². The lowest BCUT2D eigenvalue weighted by atomic mass is 9.82. The summed E-state index contributed by atoms with van der Waals surface area (Å²) in [5.74, 6) is 0.891. The second-order valence-electron chi connectivity index (χ2n) is 8.81. The number of ether oxygens (including phenoxy) is 2. The van der Waals surface area contributed by atoms with Crippen LogP contribution >= 0.6 is 0 Å². The lowest BCUT2D eigenvalue weighted by molar-refractivity contribution is 0.0296. The molecule has 0 aliphatic carbocycles. The summed E-state index contributed by atoms with van der Waals surface area (Å²) in [5.41, 5.74) is 4.88. The summed E-state index contributed by atoms with van der Waals surface area (Å²) in [6.45, 7) is 7.32. The molecule has 0 amide bonds. The maximum Gasteiger partial charge on any atom is 0.237 e. The molecule has 9 heteroatoms. The number of methoxy groups -OCH3 is 1. The maximum atomic E-state index is 9.89. The summed E-state index contributed by atoms with van der Waals surface area (Å²) >= 11 is 0. The van der Waals surface area contributed by atoms with Crippen LogP contribution in [0, 0.1) is 11.3 Å². The van der Waals surface area contributed by atoms with Gasteiger partial charge >= 0.3 is 0 Å². The highest BCUT2D eigenvalue weighted by Crippen LogP contribution is 2.42. The predicted octanol–water partition coefficient (Wildman–Crippen LogP) is 3.18.